The van der Waals surface area contributed by atoms with Crippen LogP contribution in [0.5, 0.6) is 0 Å². The van der Waals surface area contributed by atoms with E-state index in [0.29, 0.717) is 0 Å². The third-order valence-electron chi connectivity index (χ3n) is 2.55. The predicted octanol–water partition coefficient (Wildman–Crippen LogP) is 1.41. The molecule has 0 aromatic heterocycles. The average molecular weight is 255 g/mol. The van der Waals surface area contributed by atoms with Crippen molar-refractivity contribution in [3.05, 3.63) is 45.6 Å². The van der Waals surface area contributed by atoms with Crippen LogP contribution in [0.1, 0.15) is 23.7 Å². The first-order chi connectivity index (χ1) is 8.60. The van der Waals surface area contributed by atoms with Crippen LogP contribution in [-0.2, 0) is 6.61 Å². The number of hydrogen-bond donors (Lipinski definition) is 3. The molecule has 7 heteroatoms. The minimum atomic E-state index is -1.26. The smallest absolute Gasteiger partial charge is 0.123 e. The fourth-order valence-electron chi connectivity index (χ4n) is 1.60. The molecule has 2 atom stereocenters. The highest BCUT2D eigenvalue weighted by Gasteiger charge is 2.20. The van der Waals surface area contributed by atoms with Crippen molar-refractivity contribution in [3.8, 4) is 0 Å². The van der Waals surface area contributed by atoms with E-state index >= 15 is 0 Å². The molecule has 0 heterocycles. The Morgan fingerprint density at radius 3 is 2.72 bits per heavy atom. The molecule has 0 radical (unpaired) electrons. The summed E-state index contributed by atoms with van der Waals surface area (Å²) in [7, 11) is 0. The first-order valence-electron chi connectivity index (χ1n) is 5.36. The van der Waals surface area contributed by atoms with Crippen molar-refractivity contribution in [2.45, 2.75) is 25.2 Å². The molecule has 1 rings (SSSR count). The van der Waals surface area contributed by atoms with E-state index in [-0.39, 0.29) is 24.1 Å². The summed E-state index contributed by atoms with van der Waals surface area (Å²) in [6.07, 6.45) is -2.33. The molecule has 3 N–H and O–H groups in total. The van der Waals surface area contributed by atoms with Crippen molar-refractivity contribution < 1.29 is 19.7 Å². The third-order valence-corrected chi connectivity index (χ3v) is 2.55. The summed E-state index contributed by atoms with van der Waals surface area (Å²) in [4.78, 5) is 2.53. The van der Waals surface area contributed by atoms with Crippen molar-refractivity contribution in [2.75, 3.05) is 6.54 Å². The van der Waals surface area contributed by atoms with Crippen LogP contribution in [0.2, 0.25) is 0 Å². The van der Waals surface area contributed by atoms with Gasteiger partial charge in [0.1, 0.15) is 11.9 Å². The summed E-state index contributed by atoms with van der Waals surface area (Å²) in [6, 6.07) is 3.54. The summed E-state index contributed by atoms with van der Waals surface area (Å²) in [5, 5.41) is 31.9. The highest BCUT2D eigenvalue weighted by molar-refractivity contribution is 5.30. The van der Waals surface area contributed by atoms with Crippen LogP contribution in [0.15, 0.2) is 23.3 Å². The molecule has 0 saturated heterocycles. The van der Waals surface area contributed by atoms with E-state index in [0.717, 1.165) is 12.1 Å². The molecule has 2 unspecified atom stereocenters. The molecule has 98 valence electrons. The highest BCUT2D eigenvalue weighted by Crippen LogP contribution is 2.23. The van der Waals surface area contributed by atoms with Crippen molar-refractivity contribution >= 4 is 0 Å². The van der Waals surface area contributed by atoms with Crippen LogP contribution in [0.3, 0.4) is 0 Å². The molecule has 0 fully saturated rings. The molecule has 0 aliphatic heterocycles. The Balaban J connectivity index is 2.82. The van der Waals surface area contributed by atoms with Crippen LogP contribution in [0.25, 0.3) is 10.4 Å². The van der Waals surface area contributed by atoms with Gasteiger partial charge in [0.05, 0.1) is 12.7 Å². The maximum absolute atomic E-state index is 12.9. The maximum Gasteiger partial charge on any atom is 0.123 e. The summed E-state index contributed by atoms with van der Waals surface area (Å²) in [6.45, 7) is -0.391. The fraction of sp³-hybridized carbons (Fsp3) is 0.455. The number of halogens is 1. The molecule has 0 saturated carbocycles. The Bertz CT molecular complexity index is 449. The second-order valence-electron chi connectivity index (χ2n) is 3.76. The molecular weight excluding hydrogens is 241 g/mol. The average Bonchev–Trinajstić information content (AvgIpc) is 2.37. The Kier molecular flexibility index (Phi) is 5.54. The number of aliphatic hydroxyl groups excluding tert-OH is 3. The fourth-order valence-corrected chi connectivity index (χ4v) is 1.60. The Hall–Kier alpha value is -1.66. The number of aliphatic hydroxyl groups is 3. The van der Waals surface area contributed by atoms with Gasteiger partial charge in [0.2, 0.25) is 0 Å². The van der Waals surface area contributed by atoms with Crippen LogP contribution < -0.4 is 0 Å². The quantitative estimate of drug-likeness (QED) is 0.406. The zero-order valence-corrected chi connectivity index (χ0v) is 9.57. The van der Waals surface area contributed by atoms with Gasteiger partial charge in [-0.25, -0.2) is 4.39 Å². The largest absolute Gasteiger partial charge is 0.392 e. The normalized spacial score (nSPS) is 13.8. The van der Waals surface area contributed by atoms with E-state index in [4.69, 9.17) is 10.6 Å². The van der Waals surface area contributed by atoms with E-state index in [1.54, 1.807) is 0 Å². The lowest BCUT2D eigenvalue weighted by molar-refractivity contribution is 0.0139. The van der Waals surface area contributed by atoms with Crippen LogP contribution in [-0.4, -0.2) is 28.0 Å². The van der Waals surface area contributed by atoms with Gasteiger partial charge in [0.15, 0.2) is 0 Å². The number of hydrogen-bond acceptors (Lipinski definition) is 4. The summed E-state index contributed by atoms with van der Waals surface area (Å²) in [5.41, 5.74) is 8.56. The van der Waals surface area contributed by atoms with Gasteiger partial charge < -0.3 is 15.3 Å². The molecule has 6 nitrogen and oxygen atoms in total. The first-order valence-corrected chi connectivity index (χ1v) is 5.36. The molecule has 0 bridgehead atoms. The topological polar surface area (TPSA) is 109 Å². The molecule has 1 aromatic rings. The summed E-state index contributed by atoms with van der Waals surface area (Å²) in [5.74, 6) is -0.529. The lowest BCUT2D eigenvalue weighted by atomic mass is 9.97. The van der Waals surface area contributed by atoms with Crippen LogP contribution >= 0.6 is 0 Å². The SMILES string of the molecule is [N-]=[N+]=NCCC(O)C(O)c1ccc(F)cc1CO. The van der Waals surface area contributed by atoms with Gasteiger partial charge in [0.25, 0.3) is 0 Å². The molecule has 0 aliphatic carbocycles. The Morgan fingerprint density at radius 1 is 1.39 bits per heavy atom. The summed E-state index contributed by atoms with van der Waals surface area (Å²) >= 11 is 0. The first kappa shape index (κ1) is 14.4. The zero-order chi connectivity index (χ0) is 13.5. The molecular formula is C11H14FN3O3. The van der Waals surface area contributed by atoms with Crippen LogP contribution in [0, 0.1) is 5.82 Å². The lowest BCUT2D eigenvalue weighted by Gasteiger charge is -2.19. The van der Waals surface area contributed by atoms with Crippen molar-refractivity contribution in [1.29, 1.82) is 0 Å². The minimum Gasteiger partial charge on any atom is -0.392 e. The predicted molar refractivity (Wildman–Crippen MR) is 61.9 cm³/mol. The molecule has 1 aromatic carbocycles. The van der Waals surface area contributed by atoms with Gasteiger partial charge in [-0.15, -0.1) is 0 Å². The van der Waals surface area contributed by atoms with Crippen LogP contribution in [0.4, 0.5) is 4.39 Å². The Labute approximate surface area is 103 Å². The van der Waals surface area contributed by atoms with E-state index < -0.39 is 24.6 Å². The number of nitrogens with zero attached hydrogens (tertiary/aromatic N) is 3. The van der Waals surface area contributed by atoms with Gasteiger partial charge in [0, 0.05) is 11.5 Å². The molecule has 0 aliphatic rings. The van der Waals surface area contributed by atoms with E-state index in [1.165, 1.54) is 6.07 Å². The molecule has 18 heavy (non-hydrogen) atoms. The number of rotatable bonds is 6. The van der Waals surface area contributed by atoms with Crippen molar-refractivity contribution in [2.24, 2.45) is 5.11 Å². The maximum atomic E-state index is 12.9. The van der Waals surface area contributed by atoms with E-state index in [2.05, 4.69) is 10.0 Å². The Morgan fingerprint density at radius 2 is 2.11 bits per heavy atom. The monoisotopic (exact) mass is 255 g/mol. The number of benzene rings is 1. The lowest BCUT2D eigenvalue weighted by Crippen LogP contribution is -2.20. The van der Waals surface area contributed by atoms with Gasteiger partial charge in [-0.3, -0.25) is 0 Å². The second kappa shape index (κ2) is 6.93. The number of azide groups is 1. The van der Waals surface area contributed by atoms with Gasteiger partial charge >= 0.3 is 0 Å². The second-order valence-corrected chi connectivity index (χ2v) is 3.76. The van der Waals surface area contributed by atoms with E-state index in [1.807, 2.05) is 0 Å². The van der Waals surface area contributed by atoms with Gasteiger partial charge in [-0.05, 0) is 35.2 Å². The zero-order valence-electron chi connectivity index (χ0n) is 9.57. The minimum absolute atomic E-state index is 0.0460. The summed E-state index contributed by atoms with van der Waals surface area (Å²) < 4.78 is 12.9. The highest BCUT2D eigenvalue weighted by atomic mass is 19.1. The van der Waals surface area contributed by atoms with Gasteiger partial charge in [-0.2, -0.15) is 0 Å². The van der Waals surface area contributed by atoms with Crippen molar-refractivity contribution in [1.82, 2.24) is 0 Å². The van der Waals surface area contributed by atoms with Gasteiger partial charge in [-0.1, -0.05) is 11.2 Å². The standard InChI is InChI=1S/C11H14FN3O3/c12-8-1-2-9(7(5-8)6-16)11(18)10(17)3-4-14-15-13/h1-2,5,10-11,16-18H,3-4,6H2. The molecule has 0 amide bonds. The van der Waals surface area contributed by atoms with Crippen molar-refractivity contribution in [3.63, 3.8) is 0 Å². The molecule has 0 spiro atoms. The third kappa shape index (κ3) is 3.68. The van der Waals surface area contributed by atoms with E-state index in [9.17, 15) is 14.6 Å².